The molecule has 7 nitrogen and oxygen atoms in total. The molecule has 2 N–H and O–H groups in total. The van der Waals surface area contributed by atoms with E-state index in [4.69, 9.17) is 14.5 Å². The summed E-state index contributed by atoms with van der Waals surface area (Å²) in [4.78, 5) is 17.7. The van der Waals surface area contributed by atoms with Gasteiger partial charge in [-0.2, -0.15) is 0 Å². The fraction of sp³-hybridized carbons (Fsp3) is 0.538. The second-order valence-electron chi connectivity index (χ2n) is 5.35. The minimum Gasteiger partial charge on any atom is -0.497 e. The highest BCUT2D eigenvalue weighted by molar-refractivity contribution is 7.95. The molecule has 22 heavy (non-hydrogen) atoms. The van der Waals surface area contributed by atoms with Crippen molar-refractivity contribution in [2.24, 2.45) is 0 Å². The van der Waals surface area contributed by atoms with Gasteiger partial charge in [-0.3, -0.25) is 4.57 Å². The van der Waals surface area contributed by atoms with Crippen molar-refractivity contribution in [2.75, 3.05) is 25.7 Å². The minimum atomic E-state index is -4.58. The number of nitrogens with zero attached hydrogens (tertiary/aromatic N) is 1. The summed E-state index contributed by atoms with van der Waals surface area (Å²) in [6.45, 7) is 0.554. The van der Waals surface area contributed by atoms with Crippen LogP contribution < -0.4 is 4.74 Å². The van der Waals surface area contributed by atoms with E-state index in [1.165, 1.54) is 4.31 Å². The first-order valence-electron chi connectivity index (χ1n) is 6.87. The molecule has 1 aliphatic heterocycles. The van der Waals surface area contributed by atoms with Crippen LogP contribution in [-0.4, -0.2) is 48.2 Å². The van der Waals surface area contributed by atoms with Crippen molar-refractivity contribution in [3.8, 4) is 5.75 Å². The van der Waals surface area contributed by atoms with Crippen molar-refractivity contribution < 1.29 is 27.5 Å². The summed E-state index contributed by atoms with van der Waals surface area (Å²) in [5.74, 6) is 1.01. The third kappa shape index (κ3) is 4.54. The van der Waals surface area contributed by atoms with Gasteiger partial charge in [-0.15, -0.1) is 0 Å². The van der Waals surface area contributed by atoms with E-state index < -0.39 is 23.1 Å². The molecule has 0 saturated carbocycles. The summed E-state index contributed by atoms with van der Waals surface area (Å²) in [6, 6.07) is 7.66. The molecule has 9 heteroatoms. The summed E-state index contributed by atoms with van der Waals surface area (Å²) >= 11 is 0. The zero-order chi connectivity index (χ0) is 16.4. The Kier molecular flexibility index (Phi) is 5.29. The lowest BCUT2D eigenvalue weighted by atomic mass is 9.90. The standard InChI is InChI=1S/C13H20NO6PS/c1-20-13-4-2-11(3-5-13)12-6-8-14(9-7-12)22(18,19)10-21(15,16)17/h2-5,12H,6-10H2,1H3,(H2,15,16,17). The minimum absolute atomic E-state index is 0.243. The molecule has 1 saturated heterocycles. The number of hydrogen-bond donors (Lipinski definition) is 2. The number of hydrogen-bond acceptors (Lipinski definition) is 4. The molecule has 0 aromatic heterocycles. The van der Waals surface area contributed by atoms with Gasteiger partial charge >= 0.3 is 7.60 Å². The molecule has 2 rings (SSSR count). The van der Waals surface area contributed by atoms with E-state index in [1.54, 1.807) is 7.11 Å². The number of sulfonamides is 1. The molecule has 1 heterocycles. The highest BCUT2D eigenvalue weighted by atomic mass is 32.2. The normalized spacial score (nSPS) is 18.3. The Morgan fingerprint density at radius 3 is 2.23 bits per heavy atom. The molecule has 0 spiro atoms. The van der Waals surface area contributed by atoms with Gasteiger partial charge in [0.15, 0.2) is 5.49 Å². The van der Waals surface area contributed by atoms with Crippen molar-refractivity contribution in [3.05, 3.63) is 29.8 Å². The number of methoxy groups -OCH3 is 1. The number of ether oxygens (including phenoxy) is 1. The molecule has 1 aromatic rings. The predicted octanol–water partition coefficient (Wildman–Crippen LogP) is 1.34. The third-order valence-electron chi connectivity index (χ3n) is 3.77. The van der Waals surface area contributed by atoms with Crippen LogP contribution in [0, 0.1) is 0 Å². The highest BCUT2D eigenvalue weighted by Gasteiger charge is 2.33. The second kappa shape index (κ2) is 6.68. The molecule has 0 aliphatic carbocycles. The van der Waals surface area contributed by atoms with Gasteiger partial charge in [0.25, 0.3) is 0 Å². The van der Waals surface area contributed by atoms with Crippen molar-refractivity contribution in [1.82, 2.24) is 4.31 Å². The van der Waals surface area contributed by atoms with Crippen molar-refractivity contribution in [3.63, 3.8) is 0 Å². The topological polar surface area (TPSA) is 104 Å². The summed E-state index contributed by atoms with van der Waals surface area (Å²) in [7, 11) is -6.89. The maximum Gasteiger partial charge on any atom is 0.341 e. The predicted molar refractivity (Wildman–Crippen MR) is 82.4 cm³/mol. The first kappa shape index (κ1) is 17.4. The van der Waals surface area contributed by atoms with E-state index in [-0.39, 0.29) is 19.0 Å². The van der Waals surface area contributed by atoms with Gasteiger partial charge in [-0.05, 0) is 36.5 Å². The summed E-state index contributed by atoms with van der Waals surface area (Å²) in [5, 5.41) is 0. The van der Waals surface area contributed by atoms with Gasteiger partial charge in [0.05, 0.1) is 7.11 Å². The fourth-order valence-corrected chi connectivity index (χ4v) is 5.76. The Labute approximate surface area is 130 Å². The van der Waals surface area contributed by atoms with Crippen molar-refractivity contribution in [1.29, 1.82) is 0 Å². The van der Waals surface area contributed by atoms with Crippen LogP contribution in [0.3, 0.4) is 0 Å². The SMILES string of the molecule is COc1ccc(C2CCN(S(=O)(=O)CP(=O)(O)O)CC2)cc1. The Morgan fingerprint density at radius 2 is 1.77 bits per heavy atom. The van der Waals surface area contributed by atoms with Crippen LogP contribution in [0.4, 0.5) is 0 Å². The quantitative estimate of drug-likeness (QED) is 0.778. The molecule has 1 aromatic carbocycles. The van der Waals surface area contributed by atoms with Crippen LogP contribution in [0.25, 0.3) is 0 Å². The second-order valence-corrected chi connectivity index (χ2v) is 9.39. The van der Waals surface area contributed by atoms with Crippen LogP contribution in [0.2, 0.25) is 0 Å². The van der Waals surface area contributed by atoms with E-state index in [1.807, 2.05) is 24.3 Å². The zero-order valence-corrected chi connectivity index (χ0v) is 14.0. The van der Waals surface area contributed by atoms with Crippen LogP contribution in [0.15, 0.2) is 24.3 Å². The Bertz CT molecular complexity index is 646. The molecule has 124 valence electrons. The van der Waals surface area contributed by atoms with Crippen LogP contribution in [-0.2, 0) is 14.6 Å². The highest BCUT2D eigenvalue weighted by Crippen LogP contribution is 2.38. The number of rotatable bonds is 5. The summed E-state index contributed by atoms with van der Waals surface area (Å²) < 4.78 is 41.1. The van der Waals surface area contributed by atoms with E-state index in [2.05, 4.69) is 0 Å². The van der Waals surface area contributed by atoms with Crippen molar-refractivity contribution in [2.45, 2.75) is 18.8 Å². The fourth-order valence-electron chi connectivity index (χ4n) is 2.64. The van der Waals surface area contributed by atoms with Gasteiger partial charge in [0.1, 0.15) is 5.75 Å². The Morgan fingerprint density at radius 1 is 1.23 bits per heavy atom. The first-order valence-corrected chi connectivity index (χ1v) is 10.3. The summed E-state index contributed by atoms with van der Waals surface area (Å²) in [6.07, 6.45) is 1.26. The molecule has 0 radical (unpaired) electrons. The van der Waals surface area contributed by atoms with Crippen LogP contribution in [0.5, 0.6) is 5.75 Å². The molecular weight excluding hydrogens is 329 g/mol. The maximum absolute atomic E-state index is 11.9. The molecule has 1 aliphatic rings. The van der Waals surface area contributed by atoms with Crippen LogP contribution >= 0.6 is 7.60 Å². The zero-order valence-electron chi connectivity index (χ0n) is 12.3. The van der Waals surface area contributed by atoms with Gasteiger partial charge < -0.3 is 14.5 Å². The van der Waals surface area contributed by atoms with E-state index in [0.29, 0.717) is 12.8 Å². The molecular formula is C13H20NO6PS. The monoisotopic (exact) mass is 349 g/mol. The van der Waals surface area contributed by atoms with E-state index in [9.17, 15) is 13.0 Å². The maximum atomic E-state index is 11.9. The smallest absolute Gasteiger partial charge is 0.341 e. The molecule has 0 amide bonds. The van der Waals surface area contributed by atoms with Gasteiger partial charge in [-0.25, -0.2) is 12.7 Å². The lowest BCUT2D eigenvalue weighted by Gasteiger charge is -2.31. The summed E-state index contributed by atoms with van der Waals surface area (Å²) in [5.41, 5.74) is 0.000512. The Hall–Kier alpha value is -0.920. The number of piperidine rings is 1. The molecule has 0 atom stereocenters. The van der Waals surface area contributed by atoms with Gasteiger partial charge in [0.2, 0.25) is 10.0 Å². The van der Waals surface area contributed by atoms with Crippen molar-refractivity contribution >= 4 is 17.6 Å². The molecule has 1 fully saturated rings. The van der Waals surface area contributed by atoms with E-state index in [0.717, 1.165) is 11.3 Å². The number of benzene rings is 1. The third-order valence-corrected chi connectivity index (χ3v) is 7.57. The van der Waals surface area contributed by atoms with Crippen LogP contribution in [0.1, 0.15) is 24.3 Å². The average molecular weight is 349 g/mol. The first-order chi connectivity index (χ1) is 10.2. The largest absolute Gasteiger partial charge is 0.497 e. The lowest BCUT2D eigenvalue weighted by Crippen LogP contribution is -2.39. The van der Waals surface area contributed by atoms with Gasteiger partial charge in [-0.1, -0.05) is 12.1 Å². The molecule has 0 unspecified atom stereocenters. The Balaban J connectivity index is 1.99. The average Bonchev–Trinajstić information content (AvgIpc) is 2.45. The lowest BCUT2D eigenvalue weighted by molar-refractivity contribution is 0.318. The van der Waals surface area contributed by atoms with E-state index >= 15 is 0 Å². The van der Waals surface area contributed by atoms with Gasteiger partial charge in [0, 0.05) is 13.1 Å². The molecule has 0 bridgehead atoms.